The molecular formula is C13H18N2O4. The molecular weight excluding hydrogens is 248 g/mol. The molecule has 104 valence electrons. The molecule has 6 heteroatoms. The third kappa shape index (κ3) is 3.87. The molecule has 0 radical (unpaired) electrons. The number of amides is 2. The lowest BCUT2D eigenvalue weighted by atomic mass is 10.2. The second-order valence-corrected chi connectivity index (χ2v) is 3.98. The topological polar surface area (TPSA) is 78.9 Å². The van der Waals surface area contributed by atoms with E-state index in [-0.39, 0.29) is 23.8 Å². The lowest BCUT2D eigenvalue weighted by Gasteiger charge is -2.14. The van der Waals surface area contributed by atoms with Gasteiger partial charge < -0.3 is 20.1 Å². The van der Waals surface area contributed by atoms with Crippen LogP contribution in [0.2, 0.25) is 0 Å². The number of rotatable bonds is 5. The first kappa shape index (κ1) is 14.8. The number of likely N-dealkylation sites (N-methyl/N-ethyl adjacent to an activating group) is 1. The van der Waals surface area contributed by atoms with E-state index in [1.807, 2.05) is 6.92 Å². The highest BCUT2D eigenvalue weighted by Crippen LogP contribution is 2.25. The van der Waals surface area contributed by atoms with Crippen LogP contribution in [0.1, 0.15) is 17.3 Å². The summed E-state index contributed by atoms with van der Waals surface area (Å²) in [7, 11) is 3.09. The molecule has 19 heavy (non-hydrogen) atoms. The fourth-order valence-corrected chi connectivity index (χ4v) is 1.40. The quantitative estimate of drug-likeness (QED) is 0.818. The van der Waals surface area contributed by atoms with Gasteiger partial charge in [-0.25, -0.2) is 0 Å². The molecule has 0 aliphatic carbocycles. The molecule has 0 aliphatic heterocycles. The van der Waals surface area contributed by atoms with Crippen molar-refractivity contribution >= 4 is 11.8 Å². The van der Waals surface area contributed by atoms with Crippen molar-refractivity contribution in [2.75, 3.05) is 27.2 Å². The molecule has 1 rings (SSSR count). The molecule has 0 aromatic heterocycles. The van der Waals surface area contributed by atoms with Gasteiger partial charge in [0.15, 0.2) is 11.5 Å². The van der Waals surface area contributed by atoms with Crippen LogP contribution in [0.25, 0.3) is 0 Å². The Kier molecular flexibility index (Phi) is 5.17. The van der Waals surface area contributed by atoms with Crippen LogP contribution >= 0.6 is 0 Å². The van der Waals surface area contributed by atoms with Crippen LogP contribution in [0.5, 0.6) is 11.5 Å². The Balaban J connectivity index is 2.64. The number of hydrogen-bond acceptors (Lipinski definition) is 4. The number of nitrogens with zero attached hydrogens (tertiary/aromatic N) is 1. The molecule has 0 aliphatic rings. The average Bonchev–Trinajstić information content (AvgIpc) is 2.43. The Morgan fingerprint density at radius 2 is 2.11 bits per heavy atom. The van der Waals surface area contributed by atoms with E-state index in [0.29, 0.717) is 12.3 Å². The van der Waals surface area contributed by atoms with E-state index in [0.717, 1.165) is 0 Å². The Morgan fingerprint density at radius 3 is 2.63 bits per heavy atom. The third-order valence-corrected chi connectivity index (χ3v) is 2.74. The lowest BCUT2D eigenvalue weighted by Crippen LogP contribution is -2.37. The number of hydrogen-bond donors (Lipinski definition) is 2. The molecule has 0 unspecified atom stereocenters. The second kappa shape index (κ2) is 6.63. The first-order valence-corrected chi connectivity index (χ1v) is 5.88. The summed E-state index contributed by atoms with van der Waals surface area (Å²) in [6.07, 6.45) is 0. The van der Waals surface area contributed by atoms with Gasteiger partial charge in [0.2, 0.25) is 5.91 Å². The number of aromatic hydroxyl groups is 1. The minimum absolute atomic E-state index is 0.0734. The van der Waals surface area contributed by atoms with E-state index in [1.165, 1.54) is 30.2 Å². The van der Waals surface area contributed by atoms with Crippen LogP contribution in [0.4, 0.5) is 0 Å². The predicted molar refractivity (Wildman–Crippen MR) is 70.3 cm³/mol. The van der Waals surface area contributed by atoms with Gasteiger partial charge in [-0.15, -0.1) is 0 Å². The fraction of sp³-hybridized carbons (Fsp3) is 0.385. The van der Waals surface area contributed by atoms with E-state index in [1.54, 1.807) is 7.05 Å². The number of ether oxygens (including phenoxy) is 1. The Labute approximate surface area is 112 Å². The minimum Gasteiger partial charge on any atom is -0.504 e. The zero-order valence-corrected chi connectivity index (χ0v) is 11.3. The van der Waals surface area contributed by atoms with E-state index in [9.17, 15) is 14.7 Å². The number of carbonyl (C=O) groups excluding carboxylic acids is 2. The molecule has 1 aromatic rings. The predicted octanol–water partition coefficient (Wildman–Crippen LogP) is 0.609. The van der Waals surface area contributed by atoms with Crippen molar-refractivity contribution in [1.82, 2.24) is 10.2 Å². The van der Waals surface area contributed by atoms with E-state index >= 15 is 0 Å². The summed E-state index contributed by atoms with van der Waals surface area (Å²) in [6.45, 7) is 2.36. The van der Waals surface area contributed by atoms with Gasteiger partial charge in [0.25, 0.3) is 5.91 Å². The maximum Gasteiger partial charge on any atom is 0.251 e. The Hall–Kier alpha value is -2.24. The first-order chi connectivity index (χ1) is 8.99. The molecule has 0 bridgehead atoms. The van der Waals surface area contributed by atoms with Gasteiger partial charge in [-0.05, 0) is 25.1 Å². The molecule has 0 atom stereocenters. The highest BCUT2D eigenvalue weighted by atomic mass is 16.5. The van der Waals surface area contributed by atoms with Gasteiger partial charge in [0.1, 0.15) is 0 Å². The summed E-state index contributed by atoms with van der Waals surface area (Å²) in [6, 6.07) is 4.30. The number of nitrogens with one attached hydrogen (secondary N) is 1. The number of carbonyl (C=O) groups is 2. The smallest absolute Gasteiger partial charge is 0.251 e. The standard InChI is InChI=1S/C13H18N2O4/c1-4-15(2)12(17)8-14-13(18)9-5-6-11(19-3)10(16)7-9/h5-7,16H,4,8H2,1-3H3,(H,14,18). The van der Waals surface area contributed by atoms with Gasteiger partial charge in [-0.3, -0.25) is 9.59 Å². The van der Waals surface area contributed by atoms with E-state index in [2.05, 4.69) is 5.32 Å². The minimum atomic E-state index is -0.421. The number of methoxy groups -OCH3 is 1. The Morgan fingerprint density at radius 1 is 1.42 bits per heavy atom. The number of phenolic OH excluding ortho intramolecular Hbond substituents is 1. The molecule has 0 spiro atoms. The summed E-state index contributed by atoms with van der Waals surface area (Å²) < 4.78 is 4.88. The van der Waals surface area contributed by atoms with E-state index in [4.69, 9.17) is 4.74 Å². The van der Waals surface area contributed by atoms with Crippen LogP contribution in [0, 0.1) is 0 Å². The molecule has 6 nitrogen and oxygen atoms in total. The van der Waals surface area contributed by atoms with Crippen LogP contribution in [-0.4, -0.2) is 49.1 Å². The van der Waals surface area contributed by atoms with Crippen molar-refractivity contribution in [2.45, 2.75) is 6.92 Å². The SMILES string of the molecule is CCN(C)C(=O)CNC(=O)c1ccc(OC)c(O)c1. The van der Waals surface area contributed by atoms with Crippen molar-refractivity contribution in [3.8, 4) is 11.5 Å². The number of benzene rings is 1. The first-order valence-electron chi connectivity index (χ1n) is 5.88. The Bertz CT molecular complexity index is 474. The highest BCUT2D eigenvalue weighted by Gasteiger charge is 2.12. The lowest BCUT2D eigenvalue weighted by molar-refractivity contribution is -0.128. The summed E-state index contributed by atoms with van der Waals surface area (Å²) in [5.74, 6) is -0.421. The van der Waals surface area contributed by atoms with E-state index < -0.39 is 5.91 Å². The van der Waals surface area contributed by atoms with Crippen molar-refractivity contribution in [1.29, 1.82) is 0 Å². The maximum absolute atomic E-state index is 11.8. The molecule has 0 heterocycles. The van der Waals surface area contributed by atoms with Crippen molar-refractivity contribution in [2.24, 2.45) is 0 Å². The van der Waals surface area contributed by atoms with Gasteiger partial charge in [-0.1, -0.05) is 0 Å². The summed E-state index contributed by atoms with van der Waals surface area (Å²) >= 11 is 0. The number of phenols is 1. The van der Waals surface area contributed by atoms with Gasteiger partial charge in [0, 0.05) is 19.2 Å². The zero-order chi connectivity index (χ0) is 14.4. The second-order valence-electron chi connectivity index (χ2n) is 3.98. The molecule has 0 saturated carbocycles. The van der Waals surface area contributed by atoms with Crippen molar-refractivity contribution in [3.63, 3.8) is 0 Å². The third-order valence-electron chi connectivity index (χ3n) is 2.74. The monoisotopic (exact) mass is 266 g/mol. The molecule has 0 fully saturated rings. The largest absolute Gasteiger partial charge is 0.504 e. The average molecular weight is 266 g/mol. The van der Waals surface area contributed by atoms with Crippen LogP contribution in [0.15, 0.2) is 18.2 Å². The fourth-order valence-electron chi connectivity index (χ4n) is 1.40. The van der Waals surface area contributed by atoms with Crippen molar-refractivity contribution < 1.29 is 19.4 Å². The van der Waals surface area contributed by atoms with Gasteiger partial charge >= 0.3 is 0 Å². The summed E-state index contributed by atoms with van der Waals surface area (Å²) in [5, 5.41) is 12.1. The van der Waals surface area contributed by atoms with Crippen molar-refractivity contribution in [3.05, 3.63) is 23.8 Å². The summed E-state index contributed by atoms with van der Waals surface area (Å²) in [4.78, 5) is 24.8. The van der Waals surface area contributed by atoms with Crippen LogP contribution in [0.3, 0.4) is 0 Å². The van der Waals surface area contributed by atoms with Crippen LogP contribution < -0.4 is 10.1 Å². The van der Waals surface area contributed by atoms with Gasteiger partial charge in [0.05, 0.1) is 13.7 Å². The zero-order valence-electron chi connectivity index (χ0n) is 11.3. The van der Waals surface area contributed by atoms with Crippen LogP contribution in [-0.2, 0) is 4.79 Å². The van der Waals surface area contributed by atoms with Gasteiger partial charge in [-0.2, -0.15) is 0 Å². The molecule has 2 amide bonds. The summed E-state index contributed by atoms with van der Waals surface area (Å²) in [5.41, 5.74) is 0.269. The molecule has 0 saturated heterocycles. The molecule has 2 N–H and O–H groups in total. The maximum atomic E-state index is 11.8. The molecule has 1 aromatic carbocycles. The highest BCUT2D eigenvalue weighted by molar-refractivity contribution is 5.97. The normalized spacial score (nSPS) is 9.84.